The van der Waals surface area contributed by atoms with Gasteiger partial charge in [-0.2, -0.15) is 0 Å². The second-order valence-corrected chi connectivity index (χ2v) is 8.89. The van der Waals surface area contributed by atoms with E-state index in [1.807, 2.05) is 18.2 Å². The zero-order valence-corrected chi connectivity index (χ0v) is 19.2. The molecular formula is C25H27N5O5. The van der Waals surface area contributed by atoms with Gasteiger partial charge in [0.2, 0.25) is 11.8 Å². The molecule has 2 saturated heterocycles. The van der Waals surface area contributed by atoms with Gasteiger partial charge < -0.3 is 15.4 Å². The van der Waals surface area contributed by atoms with E-state index in [1.165, 1.54) is 0 Å². The summed E-state index contributed by atoms with van der Waals surface area (Å²) in [5, 5.41) is 2.23. The number of piperidine rings is 1. The molecule has 3 heterocycles. The third kappa shape index (κ3) is 4.44. The highest BCUT2D eigenvalue weighted by molar-refractivity contribution is 6.25. The monoisotopic (exact) mass is 477 g/mol. The molecule has 2 fully saturated rings. The lowest BCUT2D eigenvalue weighted by molar-refractivity contribution is -0.136. The molecule has 0 radical (unpaired) electrons. The summed E-state index contributed by atoms with van der Waals surface area (Å²) in [6.45, 7) is 4.28. The lowest BCUT2D eigenvalue weighted by Gasteiger charge is -2.36. The molecule has 35 heavy (non-hydrogen) atoms. The molecule has 10 nitrogen and oxygen atoms in total. The van der Waals surface area contributed by atoms with Crippen LogP contribution in [0.5, 0.6) is 5.75 Å². The number of nitrogens with one attached hydrogen (secondary N) is 1. The number of hydrogen-bond acceptors (Lipinski definition) is 8. The van der Waals surface area contributed by atoms with Crippen LogP contribution in [0.4, 0.5) is 11.4 Å². The number of hydrogen-bond donors (Lipinski definition) is 2. The van der Waals surface area contributed by atoms with E-state index >= 15 is 0 Å². The number of rotatable bonds is 6. The average Bonchev–Trinajstić information content (AvgIpc) is 3.11. The molecule has 2 aromatic rings. The first kappa shape index (κ1) is 22.9. The van der Waals surface area contributed by atoms with Gasteiger partial charge >= 0.3 is 0 Å². The number of nitrogens with two attached hydrogens (primary N) is 1. The molecule has 10 heteroatoms. The van der Waals surface area contributed by atoms with Gasteiger partial charge in [-0.05, 0) is 42.8 Å². The molecule has 182 valence electrons. The molecule has 0 aliphatic carbocycles. The van der Waals surface area contributed by atoms with Crippen molar-refractivity contribution in [2.45, 2.75) is 18.9 Å². The first-order valence-corrected chi connectivity index (χ1v) is 11.7. The Morgan fingerprint density at radius 3 is 2.40 bits per heavy atom. The Morgan fingerprint density at radius 2 is 1.69 bits per heavy atom. The van der Waals surface area contributed by atoms with Crippen LogP contribution in [0.1, 0.15) is 33.6 Å². The van der Waals surface area contributed by atoms with Crippen molar-refractivity contribution in [2.24, 2.45) is 0 Å². The number of carbonyl (C=O) groups is 4. The Hall–Kier alpha value is -3.92. The van der Waals surface area contributed by atoms with Crippen molar-refractivity contribution < 1.29 is 23.9 Å². The van der Waals surface area contributed by atoms with E-state index in [1.54, 1.807) is 24.3 Å². The van der Waals surface area contributed by atoms with Crippen LogP contribution in [0.3, 0.4) is 0 Å². The maximum atomic E-state index is 13.3. The number of imide groups is 2. The molecule has 0 aromatic heterocycles. The smallest absolute Gasteiger partial charge is 0.264 e. The highest BCUT2D eigenvalue weighted by Gasteiger charge is 2.46. The average molecular weight is 478 g/mol. The minimum absolute atomic E-state index is 0.0979. The lowest BCUT2D eigenvalue weighted by Crippen LogP contribution is -2.54. The number of anilines is 2. The number of nitrogen functional groups attached to an aromatic ring is 1. The molecule has 3 N–H and O–H groups in total. The molecular weight excluding hydrogens is 450 g/mol. The van der Waals surface area contributed by atoms with E-state index in [-0.39, 0.29) is 18.7 Å². The van der Waals surface area contributed by atoms with Gasteiger partial charge in [-0.15, -0.1) is 0 Å². The first-order chi connectivity index (χ1) is 16.9. The van der Waals surface area contributed by atoms with Gasteiger partial charge in [0, 0.05) is 44.8 Å². The number of fused-ring (bicyclic) bond motifs is 1. The summed E-state index contributed by atoms with van der Waals surface area (Å²) < 4.78 is 5.79. The van der Waals surface area contributed by atoms with Gasteiger partial charge in [0.05, 0.1) is 16.8 Å². The molecule has 0 bridgehead atoms. The van der Waals surface area contributed by atoms with E-state index in [2.05, 4.69) is 15.1 Å². The van der Waals surface area contributed by atoms with E-state index < -0.39 is 23.8 Å². The number of carbonyl (C=O) groups excluding carboxylic acids is 4. The number of ether oxygens (including phenoxy) is 1. The molecule has 2 aromatic carbocycles. The molecule has 3 aliphatic heterocycles. The summed E-state index contributed by atoms with van der Waals surface area (Å²) in [5.74, 6) is -1.18. The SMILES string of the molecule is Nc1ccc(OCCN2CCN(c3cccc4c3C(=O)N(C3CCC(=O)NC3=O)C4=O)CC2)cc1. The topological polar surface area (TPSA) is 125 Å². The fourth-order valence-corrected chi connectivity index (χ4v) is 4.83. The highest BCUT2D eigenvalue weighted by atomic mass is 16.5. The summed E-state index contributed by atoms with van der Waals surface area (Å²) in [6.07, 6.45) is 0.239. The Balaban J connectivity index is 1.22. The second kappa shape index (κ2) is 9.38. The van der Waals surface area contributed by atoms with E-state index in [0.29, 0.717) is 42.2 Å². The standard InChI is InChI=1S/C25H27N5O5/c26-16-4-6-17(7-5-16)35-15-14-28-10-12-29(13-11-28)19-3-1-2-18-22(19)25(34)30(24(18)33)20-8-9-21(31)27-23(20)32/h1-7,20H,8-15,26H2,(H,27,31,32). The maximum Gasteiger partial charge on any atom is 0.264 e. The van der Waals surface area contributed by atoms with Crippen LogP contribution in [-0.4, -0.2) is 78.8 Å². The summed E-state index contributed by atoms with van der Waals surface area (Å²) in [7, 11) is 0. The number of amides is 4. The number of piperazine rings is 1. The predicted octanol–water partition coefficient (Wildman–Crippen LogP) is 0.871. The van der Waals surface area contributed by atoms with Gasteiger partial charge in [-0.3, -0.25) is 34.3 Å². The normalized spacial score (nSPS) is 20.7. The van der Waals surface area contributed by atoms with E-state index in [9.17, 15) is 19.2 Å². The summed E-state index contributed by atoms with van der Waals surface area (Å²) in [6, 6.07) is 11.6. The van der Waals surface area contributed by atoms with Gasteiger partial charge in [0.1, 0.15) is 18.4 Å². The fraction of sp³-hybridized carbons (Fsp3) is 0.360. The van der Waals surface area contributed by atoms with Gasteiger partial charge in [-0.25, -0.2) is 0 Å². The highest BCUT2D eigenvalue weighted by Crippen LogP contribution is 2.34. The van der Waals surface area contributed by atoms with Gasteiger partial charge in [0.25, 0.3) is 11.8 Å². The zero-order valence-electron chi connectivity index (χ0n) is 19.2. The van der Waals surface area contributed by atoms with Crippen LogP contribution in [-0.2, 0) is 9.59 Å². The van der Waals surface area contributed by atoms with Gasteiger partial charge in [-0.1, -0.05) is 6.07 Å². The maximum absolute atomic E-state index is 13.3. The lowest BCUT2D eigenvalue weighted by atomic mass is 10.0. The van der Waals surface area contributed by atoms with Crippen molar-refractivity contribution in [3.05, 3.63) is 53.6 Å². The van der Waals surface area contributed by atoms with Crippen LogP contribution in [0, 0.1) is 0 Å². The zero-order chi connectivity index (χ0) is 24.5. The third-order valence-corrected chi connectivity index (χ3v) is 6.72. The first-order valence-electron chi connectivity index (χ1n) is 11.7. The quantitative estimate of drug-likeness (QED) is 0.464. The molecule has 5 rings (SSSR count). The van der Waals surface area contributed by atoms with Crippen LogP contribution >= 0.6 is 0 Å². The number of nitrogens with zero attached hydrogens (tertiary/aromatic N) is 3. The molecule has 1 atom stereocenters. The molecule has 4 amide bonds. The second-order valence-electron chi connectivity index (χ2n) is 8.89. The van der Waals surface area contributed by atoms with E-state index in [0.717, 1.165) is 30.3 Å². The van der Waals surface area contributed by atoms with Crippen molar-refractivity contribution in [3.63, 3.8) is 0 Å². The summed E-state index contributed by atoms with van der Waals surface area (Å²) in [5.41, 5.74) is 7.73. The van der Waals surface area contributed by atoms with Crippen molar-refractivity contribution >= 4 is 35.0 Å². The van der Waals surface area contributed by atoms with Crippen molar-refractivity contribution in [2.75, 3.05) is 50.0 Å². The predicted molar refractivity (Wildman–Crippen MR) is 128 cm³/mol. The molecule has 0 saturated carbocycles. The van der Waals surface area contributed by atoms with Crippen LogP contribution in [0.2, 0.25) is 0 Å². The van der Waals surface area contributed by atoms with Crippen LogP contribution in [0.15, 0.2) is 42.5 Å². The minimum Gasteiger partial charge on any atom is -0.492 e. The Labute approximate surface area is 202 Å². The third-order valence-electron chi connectivity index (χ3n) is 6.72. The summed E-state index contributed by atoms with van der Waals surface area (Å²) >= 11 is 0. The Morgan fingerprint density at radius 1 is 0.943 bits per heavy atom. The summed E-state index contributed by atoms with van der Waals surface area (Å²) in [4.78, 5) is 55.7. The van der Waals surface area contributed by atoms with Crippen LogP contribution in [0.25, 0.3) is 0 Å². The van der Waals surface area contributed by atoms with Crippen LogP contribution < -0.4 is 20.7 Å². The molecule has 1 unspecified atom stereocenters. The molecule has 0 spiro atoms. The van der Waals surface area contributed by atoms with Crippen molar-refractivity contribution in [3.8, 4) is 5.75 Å². The number of benzene rings is 2. The van der Waals surface area contributed by atoms with Crippen molar-refractivity contribution in [1.82, 2.24) is 15.1 Å². The largest absolute Gasteiger partial charge is 0.492 e. The minimum atomic E-state index is -0.967. The molecule has 3 aliphatic rings. The Bertz CT molecular complexity index is 1170. The van der Waals surface area contributed by atoms with E-state index in [4.69, 9.17) is 10.5 Å². The van der Waals surface area contributed by atoms with Gasteiger partial charge in [0.15, 0.2) is 0 Å². The fourth-order valence-electron chi connectivity index (χ4n) is 4.83. The Kier molecular flexibility index (Phi) is 6.12. The van der Waals surface area contributed by atoms with Crippen molar-refractivity contribution in [1.29, 1.82) is 0 Å².